The number of terminal acetylenes is 1. The third-order valence-electron chi connectivity index (χ3n) is 2.23. The molecular formula is C12H13ClN2O2. The first-order chi connectivity index (χ1) is 8.16. The molecule has 0 spiro atoms. The van der Waals surface area contributed by atoms with Gasteiger partial charge in [0.05, 0.1) is 4.92 Å². The van der Waals surface area contributed by atoms with Gasteiger partial charge in [-0.25, -0.2) is 0 Å². The van der Waals surface area contributed by atoms with Crippen LogP contribution in [0.2, 0.25) is 5.02 Å². The van der Waals surface area contributed by atoms with Crippen molar-refractivity contribution in [3.05, 3.63) is 33.3 Å². The number of nitrogens with zero attached hydrogens (tertiary/aromatic N) is 1. The van der Waals surface area contributed by atoms with Crippen molar-refractivity contribution < 1.29 is 4.92 Å². The van der Waals surface area contributed by atoms with Crippen molar-refractivity contribution in [3.63, 3.8) is 0 Å². The Morgan fingerprint density at radius 1 is 1.47 bits per heavy atom. The van der Waals surface area contributed by atoms with E-state index in [1.165, 1.54) is 6.07 Å². The van der Waals surface area contributed by atoms with Gasteiger partial charge >= 0.3 is 5.69 Å². The number of hydrogen-bond acceptors (Lipinski definition) is 3. The minimum Gasteiger partial charge on any atom is -0.379 e. The van der Waals surface area contributed by atoms with E-state index in [0.717, 1.165) is 19.3 Å². The second kappa shape index (κ2) is 6.77. The van der Waals surface area contributed by atoms with Crippen LogP contribution in [-0.2, 0) is 0 Å². The van der Waals surface area contributed by atoms with E-state index in [-0.39, 0.29) is 10.7 Å². The molecule has 5 heteroatoms. The SMILES string of the molecule is C#CCCCCNc1cccc(Cl)c1[N+](=O)[O-]. The summed E-state index contributed by atoms with van der Waals surface area (Å²) in [6.45, 7) is 0.642. The molecule has 90 valence electrons. The van der Waals surface area contributed by atoms with Crippen LogP contribution in [0.5, 0.6) is 0 Å². The van der Waals surface area contributed by atoms with Gasteiger partial charge in [0.1, 0.15) is 10.7 Å². The van der Waals surface area contributed by atoms with E-state index >= 15 is 0 Å². The third kappa shape index (κ3) is 3.97. The summed E-state index contributed by atoms with van der Waals surface area (Å²) in [6.07, 6.45) is 7.62. The zero-order chi connectivity index (χ0) is 12.7. The molecule has 0 aliphatic rings. The Bertz CT molecular complexity index is 441. The summed E-state index contributed by atoms with van der Waals surface area (Å²) in [4.78, 5) is 10.4. The lowest BCUT2D eigenvalue weighted by atomic mass is 10.2. The molecule has 1 aromatic rings. The maximum Gasteiger partial charge on any atom is 0.310 e. The smallest absolute Gasteiger partial charge is 0.310 e. The molecule has 17 heavy (non-hydrogen) atoms. The fraction of sp³-hybridized carbons (Fsp3) is 0.333. The molecule has 0 aliphatic heterocycles. The maximum atomic E-state index is 10.8. The average molecular weight is 253 g/mol. The summed E-state index contributed by atoms with van der Waals surface area (Å²) in [5, 5.41) is 14.0. The molecule has 0 atom stereocenters. The van der Waals surface area contributed by atoms with Crippen LogP contribution in [0.1, 0.15) is 19.3 Å². The third-order valence-corrected chi connectivity index (χ3v) is 2.54. The van der Waals surface area contributed by atoms with Crippen molar-refractivity contribution in [1.82, 2.24) is 0 Å². The Hall–Kier alpha value is -1.73. The number of benzene rings is 1. The van der Waals surface area contributed by atoms with Crippen LogP contribution >= 0.6 is 11.6 Å². The zero-order valence-corrected chi connectivity index (χ0v) is 10.0. The molecule has 0 aliphatic carbocycles. The first kappa shape index (κ1) is 13.3. The minimum atomic E-state index is -0.480. The lowest BCUT2D eigenvalue weighted by Crippen LogP contribution is -2.04. The summed E-state index contributed by atoms with van der Waals surface area (Å²) in [7, 11) is 0. The fourth-order valence-electron chi connectivity index (χ4n) is 1.42. The zero-order valence-electron chi connectivity index (χ0n) is 9.28. The first-order valence-corrected chi connectivity index (χ1v) is 5.65. The molecule has 0 radical (unpaired) electrons. The van der Waals surface area contributed by atoms with Crippen LogP contribution in [0.4, 0.5) is 11.4 Å². The summed E-state index contributed by atoms with van der Waals surface area (Å²) < 4.78 is 0. The molecule has 0 fully saturated rings. The van der Waals surface area contributed by atoms with Gasteiger partial charge in [0, 0.05) is 13.0 Å². The number of hydrogen-bond donors (Lipinski definition) is 1. The summed E-state index contributed by atoms with van der Waals surface area (Å²) >= 11 is 5.78. The van der Waals surface area contributed by atoms with Gasteiger partial charge in [-0.15, -0.1) is 12.3 Å². The molecule has 0 saturated carbocycles. The molecule has 0 saturated heterocycles. The number of nitro benzene ring substituents is 1. The van der Waals surface area contributed by atoms with Crippen molar-refractivity contribution >= 4 is 23.0 Å². The van der Waals surface area contributed by atoms with Crippen LogP contribution < -0.4 is 5.32 Å². The van der Waals surface area contributed by atoms with Gasteiger partial charge < -0.3 is 5.32 Å². The highest BCUT2D eigenvalue weighted by atomic mass is 35.5. The highest BCUT2D eigenvalue weighted by Gasteiger charge is 2.17. The van der Waals surface area contributed by atoms with E-state index < -0.39 is 4.92 Å². The monoisotopic (exact) mass is 252 g/mol. The van der Waals surface area contributed by atoms with Gasteiger partial charge in [-0.1, -0.05) is 17.7 Å². The molecule has 1 rings (SSSR count). The van der Waals surface area contributed by atoms with Crippen molar-refractivity contribution in [2.45, 2.75) is 19.3 Å². The lowest BCUT2D eigenvalue weighted by molar-refractivity contribution is -0.383. The maximum absolute atomic E-state index is 10.8. The predicted molar refractivity (Wildman–Crippen MR) is 69.3 cm³/mol. The number of nitro groups is 1. The van der Waals surface area contributed by atoms with Crippen LogP contribution in [0.15, 0.2) is 18.2 Å². The van der Waals surface area contributed by atoms with Gasteiger partial charge in [-0.3, -0.25) is 10.1 Å². The van der Waals surface area contributed by atoms with Crippen molar-refractivity contribution in [3.8, 4) is 12.3 Å². The molecule has 0 heterocycles. The van der Waals surface area contributed by atoms with Crippen molar-refractivity contribution in [2.24, 2.45) is 0 Å². The second-order valence-electron chi connectivity index (χ2n) is 3.48. The normalized spacial score (nSPS) is 9.65. The molecule has 1 N–H and O–H groups in total. The van der Waals surface area contributed by atoms with Crippen molar-refractivity contribution in [2.75, 3.05) is 11.9 Å². The Labute approximate surface area is 105 Å². The minimum absolute atomic E-state index is 0.0777. The largest absolute Gasteiger partial charge is 0.379 e. The van der Waals surface area contributed by atoms with Gasteiger partial charge in [0.15, 0.2) is 0 Å². The van der Waals surface area contributed by atoms with E-state index in [2.05, 4.69) is 11.2 Å². The van der Waals surface area contributed by atoms with Gasteiger partial charge in [-0.2, -0.15) is 0 Å². The Kier molecular flexibility index (Phi) is 5.31. The first-order valence-electron chi connectivity index (χ1n) is 5.27. The highest BCUT2D eigenvalue weighted by molar-refractivity contribution is 6.33. The van der Waals surface area contributed by atoms with Gasteiger partial charge in [0.2, 0.25) is 0 Å². The number of nitrogens with one attached hydrogen (secondary N) is 1. The molecule has 0 bridgehead atoms. The number of unbranched alkanes of at least 4 members (excludes halogenated alkanes) is 2. The van der Waals surface area contributed by atoms with Crippen LogP contribution in [0, 0.1) is 22.5 Å². The molecule has 0 amide bonds. The summed E-state index contributed by atoms with van der Waals surface area (Å²) in [5.74, 6) is 2.55. The summed E-state index contributed by atoms with van der Waals surface area (Å²) in [6, 6.07) is 4.83. The number of para-hydroxylation sites is 1. The lowest BCUT2D eigenvalue weighted by Gasteiger charge is -2.07. The molecule has 0 unspecified atom stereocenters. The number of rotatable bonds is 6. The number of anilines is 1. The Balaban J connectivity index is 2.62. The van der Waals surface area contributed by atoms with E-state index in [4.69, 9.17) is 18.0 Å². The topological polar surface area (TPSA) is 55.2 Å². The molecular weight excluding hydrogens is 240 g/mol. The summed E-state index contributed by atoms with van der Waals surface area (Å²) in [5.41, 5.74) is 0.370. The standard InChI is InChI=1S/C12H13ClN2O2/c1-2-3-4-5-9-14-11-8-6-7-10(13)12(11)15(16)17/h1,6-8,14H,3-5,9H2. The molecule has 1 aromatic carbocycles. The Morgan fingerprint density at radius 2 is 2.24 bits per heavy atom. The van der Waals surface area contributed by atoms with E-state index in [0.29, 0.717) is 12.2 Å². The van der Waals surface area contributed by atoms with Gasteiger partial charge in [0.25, 0.3) is 0 Å². The highest BCUT2D eigenvalue weighted by Crippen LogP contribution is 2.32. The van der Waals surface area contributed by atoms with E-state index in [9.17, 15) is 10.1 Å². The van der Waals surface area contributed by atoms with Crippen LogP contribution in [-0.4, -0.2) is 11.5 Å². The molecule has 4 nitrogen and oxygen atoms in total. The van der Waals surface area contributed by atoms with Crippen LogP contribution in [0.3, 0.4) is 0 Å². The fourth-order valence-corrected chi connectivity index (χ4v) is 1.66. The van der Waals surface area contributed by atoms with Crippen molar-refractivity contribution in [1.29, 1.82) is 0 Å². The van der Waals surface area contributed by atoms with Crippen LogP contribution in [0.25, 0.3) is 0 Å². The van der Waals surface area contributed by atoms with E-state index in [1.807, 2.05) is 0 Å². The molecule has 0 aromatic heterocycles. The second-order valence-corrected chi connectivity index (χ2v) is 3.89. The van der Waals surface area contributed by atoms with Gasteiger partial charge in [-0.05, 0) is 25.0 Å². The predicted octanol–water partition coefficient (Wildman–Crippen LogP) is 3.46. The quantitative estimate of drug-likeness (QED) is 0.365. The Morgan fingerprint density at radius 3 is 2.88 bits per heavy atom. The van der Waals surface area contributed by atoms with E-state index in [1.54, 1.807) is 12.1 Å². The number of halogens is 1. The average Bonchev–Trinajstić information content (AvgIpc) is 2.28.